The van der Waals surface area contributed by atoms with Crippen molar-refractivity contribution < 1.29 is 9.53 Å². The van der Waals surface area contributed by atoms with Gasteiger partial charge in [-0.3, -0.25) is 9.69 Å². The number of benzene rings is 2. The minimum absolute atomic E-state index is 0.285. The Morgan fingerprint density at radius 3 is 2.43 bits per heavy atom. The van der Waals surface area contributed by atoms with Gasteiger partial charge in [-0.25, -0.2) is 0 Å². The fourth-order valence-electron chi connectivity index (χ4n) is 3.51. The Morgan fingerprint density at radius 2 is 1.78 bits per heavy atom. The van der Waals surface area contributed by atoms with Crippen molar-refractivity contribution in [2.45, 2.75) is 32.2 Å². The number of hydrogen-bond donors (Lipinski definition) is 0. The van der Waals surface area contributed by atoms with Crippen molar-refractivity contribution in [3.05, 3.63) is 65.2 Å². The summed E-state index contributed by atoms with van der Waals surface area (Å²) in [6.45, 7) is 4.79. The van der Waals surface area contributed by atoms with Crippen LogP contribution >= 0.6 is 0 Å². The Labute approximate surface area is 137 Å². The highest BCUT2D eigenvalue weighted by Crippen LogP contribution is 2.36. The van der Waals surface area contributed by atoms with Crippen LogP contribution in [0.2, 0.25) is 0 Å². The van der Waals surface area contributed by atoms with Gasteiger partial charge in [-0.2, -0.15) is 0 Å². The molecule has 2 aromatic rings. The molecule has 0 saturated heterocycles. The lowest BCUT2D eigenvalue weighted by Gasteiger charge is -2.38. The summed E-state index contributed by atoms with van der Waals surface area (Å²) in [6, 6.07) is 17.0. The second-order valence-electron chi connectivity index (χ2n) is 6.43. The third kappa shape index (κ3) is 3.45. The number of hydrogen-bond acceptors (Lipinski definition) is 3. The highest BCUT2D eigenvalue weighted by molar-refractivity contribution is 5.69. The van der Waals surface area contributed by atoms with Gasteiger partial charge in [0.1, 0.15) is 5.75 Å². The SMILES string of the molecule is CC(=O)Oc1ccc(CC2c3ccccc3C(C)CN2C)cc1. The van der Waals surface area contributed by atoms with Crippen LogP contribution in [0.25, 0.3) is 0 Å². The molecule has 0 amide bonds. The van der Waals surface area contributed by atoms with Crippen molar-refractivity contribution in [3.63, 3.8) is 0 Å². The Balaban J connectivity index is 1.82. The topological polar surface area (TPSA) is 29.5 Å². The summed E-state index contributed by atoms with van der Waals surface area (Å²) in [6.07, 6.45) is 0.959. The molecule has 0 saturated carbocycles. The van der Waals surface area contributed by atoms with Crippen LogP contribution in [0.1, 0.15) is 42.5 Å². The van der Waals surface area contributed by atoms with E-state index >= 15 is 0 Å². The van der Waals surface area contributed by atoms with E-state index in [2.05, 4.69) is 43.1 Å². The van der Waals surface area contributed by atoms with Gasteiger partial charge in [0.25, 0.3) is 0 Å². The van der Waals surface area contributed by atoms with Crippen molar-refractivity contribution in [1.29, 1.82) is 0 Å². The molecular formula is C20H23NO2. The van der Waals surface area contributed by atoms with Gasteiger partial charge in [-0.1, -0.05) is 43.3 Å². The zero-order valence-electron chi connectivity index (χ0n) is 14.0. The first kappa shape index (κ1) is 15.8. The molecule has 2 unspecified atom stereocenters. The zero-order valence-corrected chi connectivity index (χ0v) is 14.0. The van der Waals surface area contributed by atoms with Gasteiger partial charge in [0.05, 0.1) is 0 Å². The van der Waals surface area contributed by atoms with Crippen LogP contribution in [0.15, 0.2) is 48.5 Å². The lowest BCUT2D eigenvalue weighted by Crippen LogP contribution is -2.35. The Bertz CT molecular complexity index is 693. The van der Waals surface area contributed by atoms with Crippen molar-refractivity contribution >= 4 is 5.97 Å². The highest BCUT2D eigenvalue weighted by atomic mass is 16.5. The zero-order chi connectivity index (χ0) is 16.4. The maximum absolute atomic E-state index is 11.0. The fourth-order valence-corrected chi connectivity index (χ4v) is 3.51. The molecule has 2 aromatic carbocycles. The largest absolute Gasteiger partial charge is 0.427 e. The van der Waals surface area contributed by atoms with Crippen LogP contribution in [-0.4, -0.2) is 24.5 Å². The molecule has 2 atom stereocenters. The van der Waals surface area contributed by atoms with Crippen LogP contribution < -0.4 is 4.74 Å². The summed E-state index contributed by atoms with van der Waals surface area (Å²) >= 11 is 0. The van der Waals surface area contributed by atoms with Crippen LogP contribution in [0.5, 0.6) is 5.75 Å². The van der Waals surface area contributed by atoms with Gasteiger partial charge in [-0.15, -0.1) is 0 Å². The number of esters is 1. The maximum Gasteiger partial charge on any atom is 0.308 e. The third-order valence-electron chi connectivity index (χ3n) is 4.59. The van der Waals surface area contributed by atoms with Gasteiger partial charge in [0.2, 0.25) is 0 Å². The summed E-state index contributed by atoms with van der Waals surface area (Å²) in [5, 5.41) is 0. The number of ether oxygens (including phenoxy) is 1. The molecule has 1 heterocycles. The predicted octanol–water partition coefficient (Wildman–Crippen LogP) is 3.94. The molecule has 1 aliphatic rings. The van der Waals surface area contributed by atoms with Gasteiger partial charge < -0.3 is 4.74 Å². The minimum atomic E-state index is -0.285. The van der Waals surface area contributed by atoms with Crippen LogP contribution in [0, 0.1) is 0 Å². The molecule has 0 fully saturated rings. The number of rotatable bonds is 3. The monoisotopic (exact) mass is 309 g/mol. The molecule has 120 valence electrons. The second kappa shape index (κ2) is 6.55. The molecule has 1 aliphatic heterocycles. The molecular weight excluding hydrogens is 286 g/mol. The number of likely N-dealkylation sites (N-methyl/N-ethyl adjacent to an activating group) is 1. The van der Waals surface area contributed by atoms with Crippen molar-refractivity contribution in [1.82, 2.24) is 4.90 Å². The molecule has 3 heteroatoms. The summed E-state index contributed by atoms with van der Waals surface area (Å²) in [5.74, 6) is 0.888. The lowest BCUT2D eigenvalue weighted by atomic mass is 9.84. The highest BCUT2D eigenvalue weighted by Gasteiger charge is 2.28. The number of nitrogens with zero attached hydrogens (tertiary/aromatic N) is 1. The van der Waals surface area contributed by atoms with E-state index in [1.165, 1.54) is 23.6 Å². The predicted molar refractivity (Wildman–Crippen MR) is 91.7 cm³/mol. The second-order valence-corrected chi connectivity index (χ2v) is 6.43. The first-order chi connectivity index (χ1) is 11.0. The van der Waals surface area contributed by atoms with Crippen LogP contribution in [0.3, 0.4) is 0 Å². The molecule has 23 heavy (non-hydrogen) atoms. The van der Waals surface area contributed by atoms with E-state index in [0.717, 1.165) is 13.0 Å². The standard InChI is InChI=1S/C20H23NO2/c1-14-13-21(3)20(19-7-5-4-6-18(14)19)12-16-8-10-17(11-9-16)23-15(2)22/h4-11,14,20H,12-13H2,1-3H3. The van der Waals surface area contributed by atoms with E-state index in [9.17, 15) is 4.79 Å². The molecule has 0 radical (unpaired) electrons. The van der Waals surface area contributed by atoms with E-state index in [1.807, 2.05) is 24.3 Å². The van der Waals surface area contributed by atoms with Crippen molar-refractivity contribution in [2.75, 3.05) is 13.6 Å². The maximum atomic E-state index is 11.0. The molecule has 3 nitrogen and oxygen atoms in total. The normalized spacial score (nSPS) is 20.8. The number of carbonyl (C=O) groups excluding carboxylic acids is 1. The summed E-state index contributed by atoms with van der Waals surface area (Å²) < 4.78 is 5.10. The molecule has 3 rings (SSSR count). The van der Waals surface area contributed by atoms with Gasteiger partial charge in [-0.05, 0) is 48.2 Å². The van der Waals surface area contributed by atoms with E-state index in [1.54, 1.807) is 0 Å². The lowest BCUT2D eigenvalue weighted by molar-refractivity contribution is -0.131. The van der Waals surface area contributed by atoms with Crippen molar-refractivity contribution in [3.8, 4) is 5.75 Å². The number of fused-ring (bicyclic) bond motifs is 1. The average Bonchev–Trinajstić information content (AvgIpc) is 2.52. The molecule has 0 spiro atoms. The smallest absolute Gasteiger partial charge is 0.308 e. The van der Waals surface area contributed by atoms with Crippen LogP contribution in [0.4, 0.5) is 0 Å². The van der Waals surface area contributed by atoms with E-state index in [0.29, 0.717) is 17.7 Å². The fraction of sp³-hybridized carbons (Fsp3) is 0.350. The molecule has 0 aliphatic carbocycles. The summed E-state index contributed by atoms with van der Waals surface area (Å²) in [5.41, 5.74) is 4.15. The molecule has 0 N–H and O–H groups in total. The minimum Gasteiger partial charge on any atom is -0.427 e. The van der Waals surface area contributed by atoms with Crippen LogP contribution in [-0.2, 0) is 11.2 Å². The first-order valence-corrected chi connectivity index (χ1v) is 8.11. The number of carbonyl (C=O) groups is 1. The first-order valence-electron chi connectivity index (χ1n) is 8.11. The summed E-state index contributed by atoms with van der Waals surface area (Å²) in [7, 11) is 2.20. The van der Waals surface area contributed by atoms with Gasteiger partial charge >= 0.3 is 5.97 Å². The Morgan fingerprint density at radius 1 is 1.13 bits per heavy atom. The van der Waals surface area contributed by atoms with Gasteiger partial charge in [0.15, 0.2) is 0 Å². The van der Waals surface area contributed by atoms with Crippen molar-refractivity contribution in [2.24, 2.45) is 0 Å². The average molecular weight is 309 g/mol. The third-order valence-corrected chi connectivity index (χ3v) is 4.59. The van der Waals surface area contributed by atoms with E-state index < -0.39 is 0 Å². The molecule has 0 aromatic heterocycles. The quantitative estimate of drug-likeness (QED) is 0.635. The van der Waals surface area contributed by atoms with E-state index in [4.69, 9.17) is 4.74 Å². The van der Waals surface area contributed by atoms with Gasteiger partial charge in [0, 0.05) is 19.5 Å². The molecule has 0 bridgehead atoms. The summed E-state index contributed by atoms with van der Waals surface area (Å²) in [4.78, 5) is 13.4. The Kier molecular flexibility index (Phi) is 4.49. The Hall–Kier alpha value is -2.13. The van der Waals surface area contributed by atoms with E-state index in [-0.39, 0.29) is 5.97 Å².